The van der Waals surface area contributed by atoms with Gasteiger partial charge in [0.05, 0.1) is 11.3 Å². The number of imidazole rings is 1. The summed E-state index contributed by atoms with van der Waals surface area (Å²) >= 11 is 0. The van der Waals surface area contributed by atoms with Crippen LogP contribution in [0.3, 0.4) is 0 Å². The first-order valence-corrected chi connectivity index (χ1v) is 11.7. The molecule has 37 heavy (non-hydrogen) atoms. The molecule has 1 atom stereocenters. The van der Waals surface area contributed by atoms with Gasteiger partial charge in [-0.05, 0) is 35.4 Å². The Morgan fingerprint density at radius 1 is 0.865 bits per heavy atom. The van der Waals surface area contributed by atoms with E-state index in [-0.39, 0.29) is 0 Å². The fourth-order valence-electron chi connectivity index (χ4n) is 5.18. The van der Waals surface area contributed by atoms with Crippen LogP contribution in [0.2, 0.25) is 0 Å². The number of pyridine rings is 2. The van der Waals surface area contributed by atoms with Gasteiger partial charge >= 0.3 is 12.0 Å². The van der Waals surface area contributed by atoms with Crippen LogP contribution in [0, 0.1) is 0 Å². The number of nitrogens with zero attached hydrogens (tertiary/aromatic N) is 4. The van der Waals surface area contributed by atoms with Crippen molar-refractivity contribution in [2.75, 3.05) is 0 Å². The number of amides is 1. The highest BCUT2D eigenvalue weighted by Gasteiger charge is 2.34. The van der Waals surface area contributed by atoms with Gasteiger partial charge in [0.15, 0.2) is 6.10 Å². The summed E-state index contributed by atoms with van der Waals surface area (Å²) in [5, 5.41) is 0.497. The van der Waals surface area contributed by atoms with Crippen LogP contribution >= 0.6 is 0 Å². The second-order valence-corrected chi connectivity index (χ2v) is 8.85. The van der Waals surface area contributed by atoms with Crippen LogP contribution in [0.4, 0.5) is 4.79 Å². The molecule has 7 rings (SSSR count). The van der Waals surface area contributed by atoms with Crippen LogP contribution in [-0.2, 0) is 4.74 Å². The van der Waals surface area contributed by atoms with E-state index in [0.717, 1.165) is 39.2 Å². The minimum absolute atomic E-state index is 0.309. The maximum absolute atomic E-state index is 13.5. The molecule has 0 bridgehead atoms. The van der Waals surface area contributed by atoms with Gasteiger partial charge in [0, 0.05) is 46.9 Å². The van der Waals surface area contributed by atoms with E-state index in [1.54, 1.807) is 12.1 Å². The summed E-state index contributed by atoms with van der Waals surface area (Å²) < 4.78 is 9.35. The number of primary amides is 1. The van der Waals surface area contributed by atoms with Crippen LogP contribution in [-0.4, -0.2) is 30.9 Å². The first-order valence-electron chi connectivity index (χ1n) is 11.7. The molecule has 8 nitrogen and oxygen atoms in total. The van der Waals surface area contributed by atoms with Crippen molar-refractivity contribution in [1.29, 1.82) is 0 Å². The van der Waals surface area contributed by atoms with Gasteiger partial charge in [-0.25, -0.2) is 19.6 Å². The van der Waals surface area contributed by atoms with Gasteiger partial charge in [-0.3, -0.25) is 4.57 Å². The van der Waals surface area contributed by atoms with Gasteiger partial charge in [0.25, 0.3) is 0 Å². The van der Waals surface area contributed by atoms with Gasteiger partial charge in [-0.2, -0.15) is 0 Å². The number of carbonyl (C=O) groups excluding carboxylic acids is 2. The zero-order chi connectivity index (χ0) is 25.1. The molecule has 6 aromatic rings. The predicted octanol–water partition coefficient (Wildman–Crippen LogP) is 5.20. The van der Waals surface area contributed by atoms with Crippen LogP contribution in [0.15, 0.2) is 97.6 Å². The molecular weight excluding hydrogens is 466 g/mol. The van der Waals surface area contributed by atoms with Crippen LogP contribution in [0.5, 0.6) is 0 Å². The smallest absolute Gasteiger partial charge is 0.339 e. The Hall–Kier alpha value is -5.24. The summed E-state index contributed by atoms with van der Waals surface area (Å²) in [5.74, 6) is -0.514. The quantitative estimate of drug-likeness (QED) is 0.347. The summed E-state index contributed by atoms with van der Waals surface area (Å²) in [4.78, 5) is 34.3. The molecule has 8 heteroatoms. The van der Waals surface area contributed by atoms with E-state index in [1.807, 2.05) is 77.5 Å². The average Bonchev–Trinajstić information content (AvgIpc) is 3.63. The highest BCUT2D eigenvalue weighted by molar-refractivity contribution is 6.05. The lowest BCUT2D eigenvalue weighted by molar-refractivity contribution is 0.0388. The Bertz CT molecular complexity index is 1850. The third-order valence-electron chi connectivity index (χ3n) is 6.80. The molecule has 1 aliphatic carbocycles. The second kappa shape index (κ2) is 7.89. The van der Waals surface area contributed by atoms with Gasteiger partial charge in [-0.15, -0.1) is 0 Å². The van der Waals surface area contributed by atoms with E-state index >= 15 is 0 Å². The van der Waals surface area contributed by atoms with E-state index < -0.39 is 18.1 Å². The normalized spacial score (nSPS) is 14.0. The van der Waals surface area contributed by atoms with Gasteiger partial charge < -0.3 is 14.9 Å². The largest absolute Gasteiger partial charge is 0.449 e. The summed E-state index contributed by atoms with van der Waals surface area (Å²) in [6, 6.07) is 22.4. The number of aromatic nitrogens is 4. The number of fused-ring (bicyclic) bond motifs is 5. The molecule has 0 aliphatic heterocycles. The zero-order valence-corrected chi connectivity index (χ0v) is 19.4. The van der Waals surface area contributed by atoms with E-state index in [4.69, 9.17) is 15.5 Å². The maximum Gasteiger partial charge on any atom is 0.339 e. The number of ether oxygens (including phenoxy) is 1. The lowest BCUT2D eigenvalue weighted by atomic mass is 9.97. The van der Waals surface area contributed by atoms with Gasteiger partial charge in [-0.1, -0.05) is 48.5 Å². The Balaban J connectivity index is 1.34. The third kappa shape index (κ3) is 3.16. The fraction of sp³-hybridized carbons (Fsp3) is 0.0345. The number of nitrogens with two attached hydrogens (primary N) is 1. The summed E-state index contributed by atoms with van der Waals surface area (Å²) in [6.07, 6.45) is 6.34. The van der Waals surface area contributed by atoms with Crippen LogP contribution < -0.4 is 5.73 Å². The van der Waals surface area contributed by atoms with E-state index in [1.165, 1.54) is 17.0 Å². The topological polar surface area (TPSA) is 105 Å². The van der Waals surface area contributed by atoms with Crippen molar-refractivity contribution in [3.05, 3.63) is 114 Å². The van der Waals surface area contributed by atoms with Crippen LogP contribution in [0.1, 0.15) is 27.6 Å². The second-order valence-electron chi connectivity index (χ2n) is 8.85. The Morgan fingerprint density at radius 3 is 2.54 bits per heavy atom. The Labute approximate surface area is 210 Å². The molecule has 0 saturated heterocycles. The number of hydrogen-bond acceptors (Lipinski definition) is 5. The number of hydrogen-bond donors (Lipinski definition) is 1. The highest BCUT2D eigenvalue weighted by atomic mass is 16.5. The molecule has 0 fully saturated rings. The molecule has 2 aromatic carbocycles. The fourth-order valence-corrected chi connectivity index (χ4v) is 5.18. The summed E-state index contributed by atoms with van der Waals surface area (Å²) in [5.41, 5.74) is 12.5. The van der Waals surface area contributed by atoms with Crippen molar-refractivity contribution in [3.63, 3.8) is 0 Å². The van der Waals surface area contributed by atoms with Gasteiger partial charge in [0.2, 0.25) is 0 Å². The van der Waals surface area contributed by atoms with E-state index in [2.05, 4.69) is 4.98 Å². The number of rotatable bonds is 3. The molecule has 0 spiro atoms. The standard InChI is InChI=1S/C29H19N5O3/c30-29(36)34-15-12-19-20(11-13-31-27(19)34)28(35)37-26-18-7-2-1-6-17(18)25-21(8-5-9-22(25)26)23-16-33-14-4-3-10-24(33)32-23/h1-16,26H,(H2,30,36). The molecule has 4 aromatic heterocycles. The Morgan fingerprint density at radius 2 is 1.68 bits per heavy atom. The minimum Gasteiger partial charge on any atom is -0.449 e. The maximum atomic E-state index is 13.5. The molecular formula is C29H19N5O3. The molecule has 0 radical (unpaired) electrons. The van der Waals surface area contributed by atoms with Crippen molar-refractivity contribution in [3.8, 4) is 22.4 Å². The third-order valence-corrected chi connectivity index (χ3v) is 6.80. The van der Waals surface area contributed by atoms with Crippen molar-refractivity contribution in [2.45, 2.75) is 6.10 Å². The number of carbonyl (C=O) groups is 2. The molecule has 1 unspecified atom stereocenters. The van der Waals surface area contributed by atoms with Crippen LogP contribution in [0.25, 0.3) is 39.1 Å². The van der Waals surface area contributed by atoms with Crippen molar-refractivity contribution < 1.29 is 14.3 Å². The Kier molecular flexibility index (Phi) is 4.49. The predicted molar refractivity (Wildman–Crippen MR) is 138 cm³/mol. The molecule has 2 N–H and O–H groups in total. The minimum atomic E-state index is -0.675. The average molecular weight is 486 g/mol. The lowest BCUT2D eigenvalue weighted by Crippen LogP contribution is -2.18. The number of benzene rings is 2. The van der Waals surface area contributed by atoms with E-state index in [0.29, 0.717) is 16.6 Å². The van der Waals surface area contributed by atoms with E-state index in [9.17, 15) is 9.59 Å². The van der Waals surface area contributed by atoms with Crippen molar-refractivity contribution >= 4 is 28.7 Å². The summed E-state index contributed by atoms with van der Waals surface area (Å²) in [6.45, 7) is 0. The molecule has 0 saturated carbocycles. The zero-order valence-electron chi connectivity index (χ0n) is 19.4. The van der Waals surface area contributed by atoms with Crippen molar-refractivity contribution in [1.82, 2.24) is 18.9 Å². The molecule has 178 valence electrons. The molecule has 1 aliphatic rings. The molecule has 1 amide bonds. The first-order chi connectivity index (χ1) is 18.1. The highest BCUT2D eigenvalue weighted by Crippen LogP contribution is 2.49. The lowest BCUT2D eigenvalue weighted by Gasteiger charge is -2.16. The first kappa shape index (κ1) is 21.1. The van der Waals surface area contributed by atoms with Crippen molar-refractivity contribution in [2.24, 2.45) is 5.73 Å². The van der Waals surface area contributed by atoms with Gasteiger partial charge in [0.1, 0.15) is 11.3 Å². The SMILES string of the molecule is NC(=O)n1ccc2c(C(=O)OC3c4ccccc4-c4c(-c5cn6ccccc6n5)cccc43)ccnc21. The number of esters is 1. The monoisotopic (exact) mass is 485 g/mol. The molecule has 4 heterocycles. The summed E-state index contributed by atoms with van der Waals surface area (Å²) in [7, 11) is 0.